The molecule has 1 amide bonds. The molecule has 1 heterocycles. The number of nitrogens with zero attached hydrogens (tertiary/aromatic N) is 2. The molecule has 0 aromatic rings. The fourth-order valence-electron chi connectivity index (χ4n) is 1.56. The lowest BCUT2D eigenvalue weighted by molar-refractivity contribution is -0.689. The Hall–Kier alpha value is -1.39. The highest BCUT2D eigenvalue weighted by Crippen LogP contribution is 2.08. The van der Waals surface area contributed by atoms with E-state index in [0.717, 1.165) is 11.3 Å². The van der Waals surface area contributed by atoms with Crippen molar-refractivity contribution < 1.29 is 9.66 Å². The summed E-state index contributed by atoms with van der Waals surface area (Å²) in [7, 11) is 0. The van der Waals surface area contributed by atoms with E-state index in [2.05, 4.69) is 5.32 Å². The Kier molecular flexibility index (Phi) is 4.27. The minimum absolute atomic E-state index is 0.101. The number of hydrogen-bond acceptors (Lipinski definition) is 2. The highest BCUT2D eigenvalue weighted by molar-refractivity contribution is 5.81. The van der Waals surface area contributed by atoms with Crippen molar-refractivity contribution >= 4 is 5.91 Å². The van der Waals surface area contributed by atoms with Gasteiger partial charge in [0.25, 0.3) is 0 Å². The van der Waals surface area contributed by atoms with E-state index < -0.39 is 0 Å². The van der Waals surface area contributed by atoms with Gasteiger partial charge < -0.3 is 5.32 Å². The van der Waals surface area contributed by atoms with Crippen LogP contribution < -0.4 is 5.32 Å². The van der Waals surface area contributed by atoms with Gasteiger partial charge in [-0.2, -0.15) is 0 Å². The fourth-order valence-corrected chi connectivity index (χ4v) is 1.56. The van der Waals surface area contributed by atoms with Crippen LogP contribution in [0.2, 0.25) is 0 Å². The highest BCUT2D eigenvalue weighted by Gasteiger charge is 2.35. The van der Waals surface area contributed by atoms with Crippen LogP contribution in [0.15, 0.2) is 12.2 Å². The first kappa shape index (κ1) is 11.7. The van der Waals surface area contributed by atoms with E-state index in [1.165, 1.54) is 0 Å². The van der Waals surface area contributed by atoms with E-state index in [0.29, 0.717) is 19.6 Å². The summed E-state index contributed by atoms with van der Waals surface area (Å²) in [4.78, 5) is 23.8. The van der Waals surface area contributed by atoms with Crippen LogP contribution in [-0.2, 0) is 4.79 Å². The third kappa shape index (κ3) is 3.04. The van der Waals surface area contributed by atoms with Crippen molar-refractivity contribution in [3.05, 3.63) is 17.1 Å². The second-order valence-electron chi connectivity index (χ2n) is 3.58. The number of carbonyl (C=O) groups is 1. The minimum atomic E-state index is -0.379. The zero-order valence-corrected chi connectivity index (χ0v) is 9.27. The monoisotopic (exact) mass is 212 g/mol. The van der Waals surface area contributed by atoms with Gasteiger partial charge in [0, 0.05) is 13.0 Å². The summed E-state index contributed by atoms with van der Waals surface area (Å²) in [6.07, 6.45) is 4.57. The maximum Gasteiger partial charge on any atom is 0.248 e. The number of nitrogens with one attached hydrogen (secondary N) is 1. The number of hydrogen-bond donors (Lipinski definition) is 1. The second-order valence-corrected chi connectivity index (χ2v) is 3.58. The van der Waals surface area contributed by atoms with Gasteiger partial charge in [0.15, 0.2) is 6.04 Å². The van der Waals surface area contributed by atoms with Gasteiger partial charge in [0.05, 0.1) is 11.5 Å². The SMILES string of the molecule is C/C=C/CNC(=O)C(C)N1CCC[N+]1=O. The molecule has 0 aromatic carbocycles. The van der Waals surface area contributed by atoms with Crippen LogP contribution in [0.3, 0.4) is 0 Å². The molecule has 0 aliphatic carbocycles. The van der Waals surface area contributed by atoms with Gasteiger partial charge in [0.2, 0.25) is 12.5 Å². The van der Waals surface area contributed by atoms with E-state index in [1.54, 1.807) is 11.9 Å². The smallest absolute Gasteiger partial charge is 0.248 e. The summed E-state index contributed by atoms with van der Waals surface area (Å²) in [6.45, 7) is 5.33. The first-order valence-corrected chi connectivity index (χ1v) is 5.27. The van der Waals surface area contributed by atoms with Crippen molar-refractivity contribution in [3.8, 4) is 0 Å². The van der Waals surface area contributed by atoms with Gasteiger partial charge >= 0.3 is 0 Å². The summed E-state index contributed by atoms with van der Waals surface area (Å²) >= 11 is 0. The topological polar surface area (TPSA) is 52.4 Å². The van der Waals surface area contributed by atoms with Gasteiger partial charge in [-0.3, -0.25) is 4.79 Å². The highest BCUT2D eigenvalue weighted by atomic mass is 16.3. The van der Waals surface area contributed by atoms with E-state index >= 15 is 0 Å². The van der Waals surface area contributed by atoms with Crippen LogP contribution in [0.4, 0.5) is 0 Å². The van der Waals surface area contributed by atoms with Gasteiger partial charge in [-0.15, -0.1) is 5.01 Å². The van der Waals surface area contributed by atoms with Crippen molar-refractivity contribution in [1.82, 2.24) is 10.3 Å². The molecule has 1 aliphatic heterocycles. The molecule has 5 nitrogen and oxygen atoms in total. The van der Waals surface area contributed by atoms with Gasteiger partial charge in [0.1, 0.15) is 4.87 Å². The van der Waals surface area contributed by atoms with Crippen LogP contribution in [0, 0.1) is 4.91 Å². The molecular formula is C10H18N3O2+. The Labute approximate surface area is 89.7 Å². The molecule has 1 unspecified atom stereocenters. The minimum Gasteiger partial charge on any atom is -0.351 e. The normalized spacial score (nSPS) is 18.5. The summed E-state index contributed by atoms with van der Waals surface area (Å²) in [5.41, 5.74) is 0. The largest absolute Gasteiger partial charge is 0.351 e. The van der Waals surface area contributed by atoms with Gasteiger partial charge in [-0.1, -0.05) is 12.2 Å². The molecule has 1 N–H and O–H groups in total. The zero-order valence-electron chi connectivity index (χ0n) is 9.27. The number of amides is 1. The summed E-state index contributed by atoms with van der Waals surface area (Å²) in [6, 6.07) is -0.379. The molecule has 15 heavy (non-hydrogen) atoms. The van der Waals surface area contributed by atoms with Crippen LogP contribution in [0.5, 0.6) is 0 Å². The van der Waals surface area contributed by atoms with Crippen LogP contribution >= 0.6 is 0 Å². The molecule has 0 aromatic heterocycles. The number of nitroso groups, excluding NO2 is 1. The van der Waals surface area contributed by atoms with E-state index in [1.807, 2.05) is 19.1 Å². The molecule has 0 saturated carbocycles. The lowest BCUT2D eigenvalue weighted by atomic mass is 10.3. The molecule has 0 spiro atoms. The summed E-state index contributed by atoms with van der Waals surface area (Å²) in [5.74, 6) is -0.101. The molecule has 1 saturated heterocycles. The van der Waals surface area contributed by atoms with Crippen molar-refractivity contribution in [2.24, 2.45) is 0 Å². The number of carbonyl (C=O) groups excluding carboxylic acids is 1. The zero-order chi connectivity index (χ0) is 11.3. The van der Waals surface area contributed by atoms with Crippen molar-refractivity contribution in [2.75, 3.05) is 19.6 Å². The average molecular weight is 212 g/mol. The predicted molar refractivity (Wildman–Crippen MR) is 57.1 cm³/mol. The second kappa shape index (κ2) is 5.48. The molecule has 5 heteroatoms. The molecule has 1 fully saturated rings. The summed E-state index contributed by atoms with van der Waals surface area (Å²) in [5, 5.41) is 4.31. The van der Waals surface area contributed by atoms with Crippen molar-refractivity contribution in [1.29, 1.82) is 0 Å². The van der Waals surface area contributed by atoms with Crippen LogP contribution in [-0.4, -0.2) is 41.5 Å². The maximum atomic E-state index is 11.6. The Morgan fingerprint density at radius 1 is 1.67 bits per heavy atom. The number of rotatable bonds is 4. The van der Waals surface area contributed by atoms with Crippen molar-refractivity contribution in [2.45, 2.75) is 26.3 Å². The third-order valence-electron chi connectivity index (χ3n) is 2.48. The molecule has 84 valence electrons. The van der Waals surface area contributed by atoms with Crippen molar-refractivity contribution in [3.63, 3.8) is 0 Å². The molecule has 1 rings (SSSR count). The molecule has 1 atom stereocenters. The predicted octanol–water partition coefficient (Wildman–Crippen LogP) is 0.467. The molecular weight excluding hydrogens is 194 g/mol. The van der Waals surface area contributed by atoms with Crippen LogP contribution in [0.1, 0.15) is 20.3 Å². The maximum absolute atomic E-state index is 11.6. The van der Waals surface area contributed by atoms with E-state index in [-0.39, 0.29) is 11.9 Å². The van der Waals surface area contributed by atoms with Gasteiger partial charge in [-0.05, 0) is 13.8 Å². The number of allylic oxidation sites excluding steroid dienone is 1. The first-order valence-electron chi connectivity index (χ1n) is 5.27. The van der Waals surface area contributed by atoms with E-state index in [4.69, 9.17) is 0 Å². The summed E-state index contributed by atoms with van der Waals surface area (Å²) < 4.78 is 0. The standard InChI is InChI=1S/C10H17N3O2/c1-3-4-6-11-10(14)9(2)12-7-5-8-13(12)15/h3-4,9H,5-8H2,1-2H3/p+1/b4-3+. The lowest BCUT2D eigenvalue weighted by Gasteiger charge is -2.15. The molecule has 1 aliphatic rings. The average Bonchev–Trinajstić information content (AvgIpc) is 2.63. The Morgan fingerprint density at radius 2 is 2.40 bits per heavy atom. The molecule has 0 bridgehead atoms. The molecule has 0 radical (unpaired) electrons. The number of hydrazine groups is 1. The van der Waals surface area contributed by atoms with E-state index in [9.17, 15) is 9.70 Å². The first-order chi connectivity index (χ1) is 7.16. The van der Waals surface area contributed by atoms with Crippen LogP contribution in [0.25, 0.3) is 0 Å². The van der Waals surface area contributed by atoms with Gasteiger partial charge in [-0.25, -0.2) is 0 Å². The Bertz CT molecular complexity index is 276. The lowest BCUT2D eigenvalue weighted by Crippen LogP contribution is -2.46. The Balaban J connectivity index is 2.41. The Morgan fingerprint density at radius 3 is 2.93 bits per heavy atom. The quantitative estimate of drug-likeness (QED) is 0.544. The third-order valence-corrected chi connectivity index (χ3v) is 2.48. The fraction of sp³-hybridized carbons (Fsp3) is 0.700.